The number of piperidine rings is 1. The minimum atomic E-state index is -4.75. The fraction of sp³-hybridized carbons (Fsp3) is 0.500. The van der Waals surface area contributed by atoms with Gasteiger partial charge in [-0.25, -0.2) is 4.79 Å². The fourth-order valence-electron chi connectivity index (χ4n) is 7.14. The van der Waals surface area contributed by atoms with Crippen molar-refractivity contribution in [3.8, 4) is 0 Å². The highest BCUT2D eigenvalue weighted by Gasteiger charge is 2.37. The van der Waals surface area contributed by atoms with Crippen LogP contribution in [0.15, 0.2) is 47.3 Å². The van der Waals surface area contributed by atoms with Gasteiger partial charge in [0.1, 0.15) is 6.04 Å². The number of amides is 3. The number of fused-ring (bicyclic) bond motifs is 1. The summed E-state index contributed by atoms with van der Waals surface area (Å²) in [4.78, 5) is 49.0. The number of piperazine rings is 1. The van der Waals surface area contributed by atoms with Crippen LogP contribution in [0.2, 0.25) is 5.02 Å². The number of aromatic nitrogens is 1. The van der Waals surface area contributed by atoms with Crippen molar-refractivity contribution < 1.29 is 27.5 Å². The lowest BCUT2D eigenvalue weighted by molar-refractivity contribution is -0.137. The summed E-state index contributed by atoms with van der Waals surface area (Å²) in [6.07, 6.45) is -1.99. The lowest BCUT2D eigenvalue weighted by Gasteiger charge is -2.41. The van der Waals surface area contributed by atoms with E-state index in [0.29, 0.717) is 76.9 Å². The first-order valence-corrected chi connectivity index (χ1v) is 16.8. The van der Waals surface area contributed by atoms with Crippen LogP contribution in [0.25, 0.3) is 10.9 Å². The van der Waals surface area contributed by atoms with Gasteiger partial charge in [0.15, 0.2) is 0 Å². The van der Waals surface area contributed by atoms with Crippen LogP contribution in [0, 0.1) is 0 Å². The van der Waals surface area contributed by atoms with Gasteiger partial charge in [-0.3, -0.25) is 14.5 Å². The second-order valence-corrected chi connectivity index (χ2v) is 13.3. The number of benzene rings is 2. The number of likely N-dealkylation sites (tertiary alicyclic amines) is 1. The van der Waals surface area contributed by atoms with Crippen molar-refractivity contribution in [3.63, 3.8) is 0 Å². The van der Waals surface area contributed by atoms with Gasteiger partial charge in [0.2, 0.25) is 5.91 Å². The Kier molecular flexibility index (Phi) is 10.2. The zero-order valence-electron chi connectivity index (χ0n) is 26.5. The van der Waals surface area contributed by atoms with Gasteiger partial charge in [0.25, 0.3) is 5.56 Å². The number of para-hydroxylation sites is 1. The summed E-state index contributed by atoms with van der Waals surface area (Å²) in [6, 6.07) is 10.4. The lowest BCUT2D eigenvalue weighted by atomic mass is 9.89. The first kappa shape index (κ1) is 34.1. The zero-order chi connectivity index (χ0) is 34.0. The summed E-state index contributed by atoms with van der Waals surface area (Å²) in [6.45, 7) is 4.29. The Morgan fingerprint density at radius 1 is 0.979 bits per heavy atom. The van der Waals surface area contributed by atoms with E-state index in [1.54, 1.807) is 9.80 Å². The molecule has 3 amide bonds. The predicted molar refractivity (Wildman–Crippen MR) is 177 cm³/mol. The number of carbonyl (C=O) groups excluding carboxylic acids is 2. The fourth-order valence-corrected chi connectivity index (χ4v) is 7.38. The molecule has 3 aliphatic rings. The number of nitrogens with two attached hydrogens (primary N) is 1. The van der Waals surface area contributed by atoms with Crippen molar-refractivity contribution in [2.24, 2.45) is 0 Å². The number of pyridine rings is 1. The Labute approximate surface area is 281 Å². The summed E-state index contributed by atoms with van der Waals surface area (Å²) in [7, 11) is 0. The van der Waals surface area contributed by atoms with Crippen LogP contribution < -0.4 is 16.6 Å². The van der Waals surface area contributed by atoms with Crippen LogP contribution in [0.1, 0.15) is 48.3 Å². The van der Waals surface area contributed by atoms with Crippen LogP contribution in [0.3, 0.4) is 0 Å². The molecule has 3 saturated heterocycles. The number of H-pyrrole nitrogens is 1. The molecule has 0 unspecified atom stereocenters. The minimum absolute atomic E-state index is 0.0513. The Hall–Kier alpha value is -3.81. The molecule has 0 radical (unpaired) electrons. The van der Waals surface area contributed by atoms with Crippen molar-refractivity contribution in [2.45, 2.75) is 56.3 Å². The summed E-state index contributed by atoms with van der Waals surface area (Å²) >= 11 is 6.11. The standard InChI is InChI=1S/C34H40ClF3N6O4/c35-27-18-21(17-26(30(27)39)34(36,37)38)19-29(32(46)43-13-11-42(12-14-43)24-7-15-48-16-8-24)41-33(47)44-9-5-22(6-10-44)25-20-23-3-1-2-4-28(23)40-31(25)45/h1-4,17-18,20,22,24,29H,5-16,19,39H2,(H,40,45)(H,41,47)/t29-/m1/s1. The van der Waals surface area contributed by atoms with Gasteiger partial charge in [-0.15, -0.1) is 0 Å². The molecule has 3 fully saturated rings. The van der Waals surface area contributed by atoms with Crippen molar-refractivity contribution in [1.29, 1.82) is 0 Å². The molecule has 0 aliphatic carbocycles. The number of rotatable bonds is 6. The van der Waals surface area contributed by atoms with E-state index in [-0.39, 0.29) is 34.4 Å². The van der Waals surface area contributed by atoms with Gasteiger partial charge in [-0.2, -0.15) is 13.2 Å². The minimum Gasteiger partial charge on any atom is -0.397 e. The van der Waals surface area contributed by atoms with Crippen molar-refractivity contribution >= 4 is 40.1 Å². The SMILES string of the molecule is Nc1c(Cl)cc(C[C@@H](NC(=O)N2CCC(c3cc4ccccc4[nH]c3=O)CC2)C(=O)N2CCN(C3CCOCC3)CC2)cc1C(F)(F)F. The maximum absolute atomic E-state index is 14.0. The number of nitrogens with one attached hydrogen (secondary N) is 2. The van der Waals surface area contributed by atoms with Gasteiger partial charge >= 0.3 is 12.2 Å². The van der Waals surface area contributed by atoms with E-state index in [2.05, 4.69) is 15.2 Å². The number of aromatic amines is 1. The number of urea groups is 1. The summed E-state index contributed by atoms with van der Waals surface area (Å²) < 4.78 is 46.8. The Morgan fingerprint density at radius 2 is 1.67 bits per heavy atom. The van der Waals surface area contributed by atoms with Gasteiger partial charge < -0.3 is 30.6 Å². The van der Waals surface area contributed by atoms with E-state index in [4.69, 9.17) is 22.1 Å². The quantitative estimate of drug-likeness (QED) is 0.325. The van der Waals surface area contributed by atoms with E-state index < -0.39 is 29.5 Å². The highest BCUT2D eigenvalue weighted by atomic mass is 35.5. The van der Waals surface area contributed by atoms with Crippen molar-refractivity contribution in [3.05, 3.63) is 74.5 Å². The maximum Gasteiger partial charge on any atom is 0.418 e. The molecule has 4 heterocycles. The lowest BCUT2D eigenvalue weighted by Crippen LogP contribution is -2.58. The molecule has 6 rings (SSSR count). The molecule has 2 aromatic carbocycles. The predicted octanol–water partition coefficient (Wildman–Crippen LogP) is 4.61. The molecule has 258 valence electrons. The van der Waals surface area contributed by atoms with Gasteiger partial charge in [-0.05, 0) is 66.8 Å². The number of halogens is 4. The molecule has 0 saturated carbocycles. The van der Waals surface area contributed by atoms with Crippen molar-refractivity contribution in [2.75, 3.05) is 58.2 Å². The molecular weight excluding hydrogens is 649 g/mol. The number of carbonyl (C=O) groups is 2. The molecule has 48 heavy (non-hydrogen) atoms. The van der Waals surface area contributed by atoms with Crippen LogP contribution in [-0.4, -0.2) is 96.2 Å². The molecule has 1 aromatic heterocycles. The van der Waals surface area contributed by atoms with E-state index in [9.17, 15) is 27.6 Å². The number of nitrogens with zero attached hydrogens (tertiary/aromatic N) is 3. The van der Waals surface area contributed by atoms with Gasteiger partial charge in [0, 0.05) is 76.0 Å². The van der Waals surface area contributed by atoms with Crippen molar-refractivity contribution in [1.82, 2.24) is 25.0 Å². The molecule has 14 heteroatoms. The average Bonchev–Trinajstić information content (AvgIpc) is 3.09. The van der Waals surface area contributed by atoms with Crippen LogP contribution in [0.4, 0.5) is 23.7 Å². The molecule has 1 atom stereocenters. The monoisotopic (exact) mass is 688 g/mol. The van der Waals surface area contributed by atoms with E-state index in [1.165, 1.54) is 6.07 Å². The Balaban J connectivity index is 1.16. The first-order chi connectivity index (χ1) is 23.0. The summed E-state index contributed by atoms with van der Waals surface area (Å²) in [5.74, 6) is -0.418. The third kappa shape index (κ3) is 7.58. The van der Waals surface area contributed by atoms with Crippen LogP contribution in [0.5, 0.6) is 0 Å². The highest BCUT2D eigenvalue weighted by molar-refractivity contribution is 6.33. The third-order valence-electron chi connectivity index (χ3n) is 9.87. The molecule has 0 bridgehead atoms. The van der Waals surface area contributed by atoms with Gasteiger partial charge in [0.05, 0.1) is 16.3 Å². The van der Waals surface area contributed by atoms with E-state index in [0.717, 1.165) is 29.8 Å². The zero-order valence-corrected chi connectivity index (χ0v) is 27.3. The number of ether oxygens (including phenoxy) is 1. The summed E-state index contributed by atoms with van der Waals surface area (Å²) in [5.41, 5.74) is 5.39. The Bertz CT molecular complexity index is 1700. The third-order valence-corrected chi connectivity index (χ3v) is 10.2. The molecule has 3 aliphatic heterocycles. The molecule has 0 spiro atoms. The number of hydrogen-bond acceptors (Lipinski definition) is 6. The van der Waals surface area contributed by atoms with E-state index in [1.807, 2.05) is 30.3 Å². The molecular formula is C34H40ClF3N6O4. The van der Waals surface area contributed by atoms with Gasteiger partial charge in [-0.1, -0.05) is 29.8 Å². The second kappa shape index (κ2) is 14.4. The number of alkyl halides is 3. The van der Waals surface area contributed by atoms with Crippen LogP contribution >= 0.6 is 11.6 Å². The molecule has 10 nitrogen and oxygen atoms in total. The number of nitrogen functional groups attached to an aromatic ring is 1. The topological polar surface area (TPSA) is 124 Å². The maximum atomic E-state index is 14.0. The largest absolute Gasteiger partial charge is 0.418 e. The normalized spacial score (nSPS) is 19.4. The number of hydrogen-bond donors (Lipinski definition) is 3. The van der Waals surface area contributed by atoms with E-state index >= 15 is 0 Å². The average molecular weight is 689 g/mol. The second-order valence-electron chi connectivity index (χ2n) is 12.9. The molecule has 3 aromatic rings. The Morgan fingerprint density at radius 3 is 2.35 bits per heavy atom. The highest BCUT2D eigenvalue weighted by Crippen LogP contribution is 2.38. The van der Waals surface area contributed by atoms with Crippen LogP contribution in [-0.2, 0) is 22.1 Å². The molecule has 4 N–H and O–H groups in total. The first-order valence-electron chi connectivity index (χ1n) is 16.4. The smallest absolute Gasteiger partial charge is 0.397 e. The summed E-state index contributed by atoms with van der Waals surface area (Å²) in [5, 5.41) is 3.49. The number of anilines is 1.